The van der Waals surface area contributed by atoms with E-state index in [9.17, 15) is 13.6 Å². The van der Waals surface area contributed by atoms with Crippen molar-refractivity contribution in [3.8, 4) is 0 Å². The SMILES string of the molecule is Cc1nn(C)c(Cn2nnc(C(=O)O)c2C(F)F)c1Cl. The van der Waals surface area contributed by atoms with Crippen molar-refractivity contribution in [2.45, 2.75) is 19.9 Å². The summed E-state index contributed by atoms with van der Waals surface area (Å²) in [5.41, 5.74) is -0.545. The molecular weight excluding hydrogens is 296 g/mol. The van der Waals surface area contributed by atoms with Gasteiger partial charge in [-0.1, -0.05) is 16.8 Å². The molecule has 1 N–H and O–H groups in total. The Kier molecular flexibility index (Phi) is 3.71. The van der Waals surface area contributed by atoms with E-state index in [1.54, 1.807) is 14.0 Å². The molecular formula is C10H10ClF2N5O2. The molecule has 108 valence electrons. The summed E-state index contributed by atoms with van der Waals surface area (Å²) in [6.45, 7) is 1.53. The highest BCUT2D eigenvalue weighted by molar-refractivity contribution is 6.31. The zero-order valence-corrected chi connectivity index (χ0v) is 11.3. The van der Waals surface area contributed by atoms with Crippen molar-refractivity contribution >= 4 is 17.6 Å². The predicted octanol–water partition coefficient (Wildman–Crippen LogP) is 1.66. The van der Waals surface area contributed by atoms with Crippen LogP contribution in [0.3, 0.4) is 0 Å². The molecule has 10 heteroatoms. The number of hydrogen-bond acceptors (Lipinski definition) is 4. The zero-order chi connectivity index (χ0) is 15.0. The lowest BCUT2D eigenvalue weighted by atomic mass is 10.3. The molecule has 0 spiro atoms. The Labute approximate surface area is 116 Å². The molecule has 0 unspecified atom stereocenters. The van der Waals surface area contributed by atoms with E-state index in [0.29, 0.717) is 16.4 Å². The number of rotatable bonds is 4. The fraction of sp³-hybridized carbons (Fsp3) is 0.400. The number of aromatic nitrogens is 5. The van der Waals surface area contributed by atoms with E-state index >= 15 is 0 Å². The van der Waals surface area contributed by atoms with Crippen LogP contribution in [-0.2, 0) is 13.6 Å². The highest BCUT2D eigenvalue weighted by atomic mass is 35.5. The van der Waals surface area contributed by atoms with Gasteiger partial charge in [-0.3, -0.25) is 4.68 Å². The van der Waals surface area contributed by atoms with Gasteiger partial charge in [0.1, 0.15) is 5.69 Å². The Balaban J connectivity index is 2.46. The largest absolute Gasteiger partial charge is 0.476 e. The Hall–Kier alpha value is -2.03. The molecule has 2 rings (SSSR count). The van der Waals surface area contributed by atoms with Gasteiger partial charge in [0.05, 0.1) is 23.0 Å². The van der Waals surface area contributed by atoms with E-state index in [4.69, 9.17) is 16.7 Å². The maximum Gasteiger partial charge on any atom is 0.358 e. The molecule has 0 atom stereocenters. The van der Waals surface area contributed by atoms with Gasteiger partial charge in [0.15, 0.2) is 5.69 Å². The normalized spacial score (nSPS) is 11.3. The molecule has 0 aliphatic rings. The summed E-state index contributed by atoms with van der Waals surface area (Å²) in [6, 6.07) is 0. The lowest BCUT2D eigenvalue weighted by Gasteiger charge is -2.07. The second-order valence-corrected chi connectivity index (χ2v) is 4.43. The molecule has 0 bridgehead atoms. The average Bonchev–Trinajstić information content (AvgIpc) is 2.87. The number of carbonyl (C=O) groups is 1. The molecule has 0 radical (unpaired) electrons. The van der Waals surface area contributed by atoms with E-state index < -0.39 is 23.8 Å². The van der Waals surface area contributed by atoms with Crippen LogP contribution in [-0.4, -0.2) is 35.9 Å². The van der Waals surface area contributed by atoms with Gasteiger partial charge in [0, 0.05) is 7.05 Å². The summed E-state index contributed by atoms with van der Waals surface area (Å²) in [5, 5.41) is 19.9. The summed E-state index contributed by atoms with van der Waals surface area (Å²) in [6.07, 6.45) is -3.01. The van der Waals surface area contributed by atoms with Crippen LogP contribution < -0.4 is 0 Å². The summed E-state index contributed by atoms with van der Waals surface area (Å²) in [5.74, 6) is -1.56. The molecule has 7 nitrogen and oxygen atoms in total. The standard InChI is InChI=1S/C10H10ClF2N5O2/c1-4-6(11)5(17(2)15-4)3-18-8(9(12)13)7(10(19)20)14-16-18/h9H,3H2,1-2H3,(H,19,20). The monoisotopic (exact) mass is 305 g/mol. The molecule has 0 aromatic carbocycles. The first-order chi connectivity index (χ1) is 9.32. The van der Waals surface area contributed by atoms with Gasteiger partial charge in [-0.2, -0.15) is 5.10 Å². The van der Waals surface area contributed by atoms with Crippen LogP contribution in [0.25, 0.3) is 0 Å². The summed E-state index contributed by atoms with van der Waals surface area (Å²) < 4.78 is 28.2. The van der Waals surface area contributed by atoms with Crippen molar-refractivity contribution in [2.24, 2.45) is 7.05 Å². The van der Waals surface area contributed by atoms with E-state index in [0.717, 1.165) is 4.68 Å². The molecule has 0 amide bonds. The van der Waals surface area contributed by atoms with Crippen molar-refractivity contribution in [3.63, 3.8) is 0 Å². The molecule has 0 saturated carbocycles. The van der Waals surface area contributed by atoms with Gasteiger partial charge >= 0.3 is 5.97 Å². The minimum atomic E-state index is -3.01. The van der Waals surface area contributed by atoms with Crippen LogP contribution in [0.5, 0.6) is 0 Å². The molecule has 20 heavy (non-hydrogen) atoms. The fourth-order valence-electron chi connectivity index (χ4n) is 1.80. The second kappa shape index (κ2) is 5.16. The molecule has 0 aliphatic carbocycles. The number of carboxylic acid groups (broad SMARTS) is 1. The number of aromatic carboxylic acids is 1. The van der Waals surface area contributed by atoms with Gasteiger partial charge in [0.25, 0.3) is 6.43 Å². The summed E-state index contributed by atoms with van der Waals surface area (Å²) in [7, 11) is 1.60. The van der Waals surface area contributed by atoms with Gasteiger partial charge in [0.2, 0.25) is 0 Å². The first-order valence-corrected chi connectivity index (χ1v) is 5.83. The second-order valence-electron chi connectivity index (χ2n) is 4.06. The lowest BCUT2D eigenvalue weighted by molar-refractivity contribution is 0.0675. The summed E-state index contributed by atoms with van der Waals surface area (Å²) in [4.78, 5) is 10.8. The number of nitrogens with zero attached hydrogens (tertiary/aromatic N) is 5. The first-order valence-electron chi connectivity index (χ1n) is 5.45. The van der Waals surface area contributed by atoms with Crippen molar-refractivity contribution in [1.29, 1.82) is 0 Å². The minimum absolute atomic E-state index is 0.143. The highest BCUT2D eigenvalue weighted by Gasteiger charge is 2.27. The molecule has 0 saturated heterocycles. The molecule has 0 aliphatic heterocycles. The lowest BCUT2D eigenvalue weighted by Crippen LogP contribution is -2.12. The molecule has 2 heterocycles. The van der Waals surface area contributed by atoms with Crippen molar-refractivity contribution in [1.82, 2.24) is 24.8 Å². The van der Waals surface area contributed by atoms with Gasteiger partial charge in [-0.05, 0) is 6.92 Å². The Morgan fingerprint density at radius 1 is 1.50 bits per heavy atom. The third-order valence-corrected chi connectivity index (χ3v) is 3.24. The van der Waals surface area contributed by atoms with Crippen molar-refractivity contribution in [3.05, 3.63) is 27.8 Å². The third kappa shape index (κ3) is 2.36. The highest BCUT2D eigenvalue weighted by Crippen LogP contribution is 2.25. The topological polar surface area (TPSA) is 85.8 Å². The summed E-state index contributed by atoms with van der Waals surface area (Å²) >= 11 is 6.02. The Morgan fingerprint density at radius 2 is 2.15 bits per heavy atom. The van der Waals surface area contributed by atoms with E-state index in [1.165, 1.54) is 4.68 Å². The predicted molar refractivity (Wildman–Crippen MR) is 64.0 cm³/mol. The van der Waals surface area contributed by atoms with E-state index in [-0.39, 0.29) is 6.54 Å². The van der Waals surface area contributed by atoms with Crippen LogP contribution >= 0.6 is 11.6 Å². The molecule has 0 fully saturated rings. The minimum Gasteiger partial charge on any atom is -0.476 e. The smallest absolute Gasteiger partial charge is 0.358 e. The van der Waals surface area contributed by atoms with E-state index in [2.05, 4.69) is 15.4 Å². The van der Waals surface area contributed by atoms with Crippen molar-refractivity contribution < 1.29 is 18.7 Å². The third-order valence-electron chi connectivity index (χ3n) is 2.74. The van der Waals surface area contributed by atoms with Crippen LogP contribution in [0, 0.1) is 6.92 Å². The zero-order valence-electron chi connectivity index (χ0n) is 10.5. The Bertz CT molecular complexity index is 667. The van der Waals surface area contributed by atoms with Gasteiger partial charge in [-0.25, -0.2) is 18.3 Å². The quantitative estimate of drug-likeness (QED) is 0.928. The maximum absolute atomic E-state index is 13.0. The van der Waals surface area contributed by atoms with Crippen LogP contribution in [0.2, 0.25) is 5.02 Å². The van der Waals surface area contributed by atoms with Gasteiger partial charge < -0.3 is 5.11 Å². The number of aryl methyl sites for hydroxylation is 2. The first kappa shape index (κ1) is 14.4. The molecule has 2 aromatic heterocycles. The Morgan fingerprint density at radius 3 is 2.60 bits per heavy atom. The van der Waals surface area contributed by atoms with Crippen LogP contribution in [0.1, 0.15) is 34.0 Å². The fourth-order valence-corrected chi connectivity index (χ4v) is 2.02. The van der Waals surface area contributed by atoms with Crippen LogP contribution in [0.15, 0.2) is 0 Å². The number of carboxylic acids is 1. The maximum atomic E-state index is 13.0. The number of halogens is 3. The molecule has 2 aromatic rings. The average molecular weight is 306 g/mol. The van der Waals surface area contributed by atoms with E-state index in [1.807, 2.05) is 0 Å². The number of hydrogen-bond donors (Lipinski definition) is 1. The van der Waals surface area contributed by atoms with Gasteiger partial charge in [-0.15, -0.1) is 5.10 Å². The van der Waals surface area contributed by atoms with Crippen molar-refractivity contribution in [2.75, 3.05) is 0 Å². The number of alkyl halides is 2. The van der Waals surface area contributed by atoms with Crippen LogP contribution in [0.4, 0.5) is 8.78 Å².